The molecule has 0 fully saturated rings. The number of esters is 3. The molecule has 0 aromatic heterocycles. The summed E-state index contributed by atoms with van der Waals surface area (Å²) in [4.78, 5) is 50.3. The van der Waals surface area contributed by atoms with E-state index in [-0.39, 0.29) is 17.9 Å². The van der Waals surface area contributed by atoms with Crippen LogP contribution >= 0.6 is 0 Å². The van der Waals surface area contributed by atoms with Crippen molar-refractivity contribution in [1.82, 2.24) is 0 Å². The number of carbonyl (C=O) groups excluding carboxylic acids is 3. The number of carboxylic acid groups (broad SMARTS) is 1. The molecule has 1 aromatic rings. The standard InChI is InChI=1S/C30H47NO8/c1-11-28(5,6)25(34)37-18(4)16-20(23(31)24(32)33)19-14-15-21(38-26(35)29(7,8)12-2)22(17-19)39-27(36)30(9,10)13-3/h14-15,17-18,20,23H,11-13,16,31H2,1-10H3,(H,32,33)/t18?,20?,23-/m0/s1. The Hall–Kier alpha value is -2.94. The quantitative estimate of drug-likeness (QED) is 0.223. The van der Waals surface area contributed by atoms with E-state index < -0.39 is 58.2 Å². The van der Waals surface area contributed by atoms with E-state index in [0.29, 0.717) is 24.8 Å². The van der Waals surface area contributed by atoms with Gasteiger partial charge < -0.3 is 25.1 Å². The molecule has 3 N–H and O–H groups in total. The van der Waals surface area contributed by atoms with Gasteiger partial charge in [-0.2, -0.15) is 0 Å². The second kappa shape index (κ2) is 13.4. The molecule has 0 radical (unpaired) electrons. The van der Waals surface area contributed by atoms with Crippen molar-refractivity contribution in [2.45, 2.75) is 113 Å². The highest BCUT2D eigenvalue weighted by molar-refractivity contribution is 5.82. The Kier molecular flexibility index (Phi) is 11.7. The number of hydrogen-bond acceptors (Lipinski definition) is 8. The highest BCUT2D eigenvalue weighted by Crippen LogP contribution is 2.37. The normalized spacial score (nSPS) is 14.6. The highest BCUT2D eigenvalue weighted by atomic mass is 16.6. The summed E-state index contributed by atoms with van der Waals surface area (Å²) in [6, 6.07) is 3.19. The van der Waals surface area contributed by atoms with Gasteiger partial charge in [0.25, 0.3) is 0 Å². The molecule has 1 rings (SSSR count). The number of aliphatic carboxylic acids is 1. The number of carbonyl (C=O) groups is 4. The van der Waals surface area contributed by atoms with Gasteiger partial charge in [-0.05, 0) is 91.8 Å². The molecule has 9 nitrogen and oxygen atoms in total. The van der Waals surface area contributed by atoms with Crippen molar-refractivity contribution < 1.29 is 38.5 Å². The number of carboxylic acids is 1. The first kappa shape index (κ1) is 34.1. The molecule has 2 unspecified atom stereocenters. The summed E-state index contributed by atoms with van der Waals surface area (Å²) < 4.78 is 17.0. The Labute approximate surface area is 232 Å². The van der Waals surface area contributed by atoms with Crippen LogP contribution in [-0.2, 0) is 23.9 Å². The van der Waals surface area contributed by atoms with Crippen LogP contribution in [-0.4, -0.2) is 41.1 Å². The van der Waals surface area contributed by atoms with Gasteiger partial charge >= 0.3 is 23.9 Å². The van der Waals surface area contributed by atoms with Crippen LogP contribution < -0.4 is 15.2 Å². The first-order valence-electron chi connectivity index (χ1n) is 13.6. The van der Waals surface area contributed by atoms with Crippen LogP contribution in [0.1, 0.15) is 106 Å². The van der Waals surface area contributed by atoms with E-state index in [1.165, 1.54) is 12.1 Å². The number of hydrogen-bond donors (Lipinski definition) is 2. The maximum Gasteiger partial charge on any atom is 0.321 e. The molecule has 0 amide bonds. The second-order valence-corrected chi connectivity index (χ2v) is 12.1. The summed E-state index contributed by atoms with van der Waals surface area (Å²) in [6.45, 7) is 17.8. The molecule has 0 aliphatic rings. The molecule has 9 heteroatoms. The SMILES string of the molecule is CCC(C)(C)C(=O)Oc1ccc(C(CC(C)OC(=O)C(C)(C)CC)[C@H](N)C(=O)O)cc1OC(=O)C(C)(C)CC. The van der Waals surface area contributed by atoms with Crippen molar-refractivity contribution >= 4 is 23.9 Å². The molecule has 0 heterocycles. The van der Waals surface area contributed by atoms with E-state index in [2.05, 4.69) is 0 Å². The Balaban J connectivity index is 3.52. The van der Waals surface area contributed by atoms with Crippen molar-refractivity contribution in [3.63, 3.8) is 0 Å². The molecular weight excluding hydrogens is 502 g/mol. The predicted octanol–water partition coefficient (Wildman–Crippen LogP) is 5.62. The Morgan fingerprint density at radius 1 is 0.795 bits per heavy atom. The molecule has 0 bridgehead atoms. The molecule has 220 valence electrons. The van der Waals surface area contributed by atoms with E-state index >= 15 is 0 Å². The maximum absolute atomic E-state index is 13.0. The van der Waals surface area contributed by atoms with Crippen molar-refractivity contribution in [2.24, 2.45) is 22.0 Å². The lowest BCUT2D eigenvalue weighted by molar-refractivity contribution is -0.159. The van der Waals surface area contributed by atoms with Crippen LogP contribution in [0, 0.1) is 16.2 Å². The fourth-order valence-electron chi connectivity index (χ4n) is 3.24. The molecule has 0 aliphatic heterocycles. The summed E-state index contributed by atoms with van der Waals surface area (Å²) in [5.74, 6) is -3.44. The zero-order chi connectivity index (χ0) is 30.3. The average molecular weight is 550 g/mol. The fraction of sp³-hybridized carbons (Fsp3) is 0.667. The Morgan fingerprint density at radius 3 is 1.67 bits per heavy atom. The zero-order valence-corrected chi connectivity index (χ0v) is 25.2. The zero-order valence-electron chi connectivity index (χ0n) is 25.2. The van der Waals surface area contributed by atoms with Crippen molar-refractivity contribution in [2.75, 3.05) is 0 Å². The molecule has 0 saturated carbocycles. The number of benzene rings is 1. The summed E-state index contributed by atoms with van der Waals surface area (Å²) in [7, 11) is 0. The molecule has 0 saturated heterocycles. The smallest absolute Gasteiger partial charge is 0.321 e. The average Bonchev–Trinajstić information content (AvgIpc) is 2.87. The van der Waals surface area contributed by atoms with E-state index in [4.69, 9.17) is 19.9 Å². The van der Waals surface area contributed by atoms with E-state index in [9.17, 15) is 24.3 Å². The van der Waals surface area contributed by atoms with Crippen LogP contribution in [0.15, 0.2) is 18.2 Å². The number of ether oxygens (including phenoxy) is 3. The minimum Gasteiger partial charge on any atom is -0.480 e. The van der Waals surface area contributed by atoms with Gasteiger partial charge in [-0.15, -0.1) is 0 Å². The molecule has 0 aliphatic carbocycles. The second-order valence-electron chi connectivity index (χ2n) is 12.1. The highest BCUT2D eigenvalue weighted by Gasteiger charge is 2.35. The van der Waals surface area contributed by atoms with Crippen LogP contribution in [0.5, 0.6) is 11.5 Å². The fourth-order valence-corrected chi connectivity index (χ4v) is 3.24. The van der Waals surface area contributed by atoms with Gasteiger partial charge in [0, 0.05) is 5.92 Å². The monoisotopic (exact) mass is 549 g/mol. The first-order chi connectivity index (χ1) is 17.8. The van der Waals surface area contributed by atoms with Crippen molar-refractivity contribution in [1.29, 1.82) is 0 Å². The lowest BCUT2D eigenvalue weighted by Gasteiger charge is -2.28. The predicted molar refractivity (Wildman–Crippen MR) is 148 cm³/mol. The third kappa shape index (κ3) is 9.05. The number of rotatable bonds is 14. The lowest BCUT2D eigenvalue weighted by atomic mass is 9.86. The molecule has 1 aromatic carbocycles. The molecule has 3 atom stereocenters. The summed E-state index contributed by atoms with van der Waals surface area (Å²) in [5.41, 5.74) is 4.25. The largest absolute Gasteiger partial charge is 0.480 e. The van der Waals surface area contributed by atoms with Gasteiger partial charge in [-0.25, -0.2) is 0 Å². The number of nitrogens with two attached hydrogens (primary N) is 1. The third-order valence-corrected chi connectivity index (χ3v) is 7.72. The van der Waals surface area contributed by atoms with E-state index in [1.54, 1.807) is 54.5 Å². The molecule has 0 spiro atoms. The van der Waals surface area contributed by atoms with E-state index in [0.717, 1.165) is 0 Å². The third-order valence-electron chi connectivity index (χ3n) is 7.72. The van der Waals surface area contributed by atoms with Crippen LogP contribution in [0.25, 0.3) is 0 Å². The molecule has 39 heavy (non-hydrogen) atoms. The van der Waals surface area contributed by atoms with Gasteiger partial charge in [0.05, 0.1) is 22.3 Å². The summed E-state index contributed by atoms with van der Waals surface area (Å²) >= 11 is 0. The Morgan fingerprint density at radius 2 is 1.23 bits per heavy atom. The van der Waals surface area contributed by atoms with Crippen molar-refractivity contribution in [3.8, 4) is 11.5 Å². The first-order valence-corrected chi connectivity index (χ1v) is 13.6. The lowest BCUT2D eigenvalue weighted by Crippen LogP contribution is -2.39. The van der Waals surface area contributed by atoms with E-state index in [1.807, 2.05) is 20.8 Å². The summed E-state index contributed by atoms with van der Waals surface area (Å²) in [5, 5.41) is 9.73. The van der Waals surface area contributed by atoms with Gasteiger partial charge in [-0.1, -0.05) is 26.8 Å². The van der Waals surface area contributed by atoms with Crippen LogP contribution in [0.2, 0.25) is 0 Å². The maximum atomic E-state index is 13.0. The minimum absolute atomic E-state index is 0.0152. The molecular formula is C30H47NO8. The van der Waals surface area contributed by atoms with Crippen LogP contribution in [0.4, 0.5) is 0 Å². The Bertz CT molecular complexity index is 1040. The topological polar surface area (TPSA) is 142 Å². The van der Waals surface area contributed by atoms with Gasteiger partial charge in [0.1, 0.15) is 6.04 Å². The van der Waals surface area contributed by atoms with Gasteiger partial charge in [-0.3, -0.25) is 19.2 Å². The van der Waals surface area contributed by atoms with Gasteiger partial charge in [0.15, 0.2) is 11.5 Å². The van der Waals surface area contributed by atoms with Crippen LogP contribution in [0.3, 0.4) is 0 Å². The summed E-state index contributed by atoms with van der Waals surface area (Å²) in [6.07, 6.45) is 1.07. The van der Waals surface area contributed by atoms with Gasteiger partial charge in [0.2, 0.25) is 0 Å². The van der Waals surface area contributed by atoms with Crippen molar-refractivity contribution in [3.05, 3.63) is 23.8 Å². The minimum atomic E-state index is -1.34.